The van der Waals surface area contributed by atoms with E-state index in [0.717, 1.165) is 24.1 Å². The fourth-order valence-corrected chi connectivity index (χ4v) is 8.14. The number of anilines is 2. The van der Waals surface area contributed by atoms with Crippen LogP contribution in [0.5, 0.6) is 17.2 Å². The van der Waals surface area contributed by atoms with Crippen molar-refractivity contribution in [1.82, 2.24) is 4.98 Å². The van der Waals surface area contributed by atoms with Crippen LogP contribution in [0.1, 0.15) is 48.9 Å². The molecule has 242 valence electrons. The van der Waals surface area contributed by atoms with Gasteiger partial charge in [-0.15, -0.1) is 0 Å². The van der Waals surface area contributed by atoms with Crippen LogP contribution in [-0.2, 0) is 9.84 Å². The lowest BCUT2D eigenvalue weighted by Crippen LogP contribution is -2.47. The number of Topliss-reactive ketones (excluding diaryl/α,β-unsaturated/α-hetero) is 1. The van der Waals surface area contributed by atoms with Crippen molar-refractivity contribution >= 4 is 37.9 Å². The Morgan fingerprint density at radius 1 is 0.804 bits per heavy atom. The number of hydrogen-bond acceptors (Lipinski definition) is 9. The van der Waals surface area contributed by atoms with Gasteiger partial charge in [0.05, 0.1) is 37.4 Å². The highest BCUT2D eigenvalue weighted by atomic mass is 32.2. The summed E-state index contributed by atoms with van der Waals surface area (Å²) in [6, 6.07) is 17.9. The molecule has 46 heavy (non-hydrogen) atoms. The zero-order valence-electron chi connectivity index (χ0n) is 26.7. The molecule has 6 rings (SSSR count). The zero-order chi connectivity index (χ0) is 32.3. The first-order valence-corrected chi connectivity index (χ1v) is 17.4. The standard InChI is InChI=1S/C36H41N3O6S/c1-43-28-13-15-29(16-14-28)46(41,42)35-24-37-31-23-34(45-3)33(44-2)22-30(31)36(35)39-19-17-38(18-20-39)27-11-9-26(10-12-27)32(40)21-25-7-5-4-6-8-25/h9-16,22-25H,4-8,17-21H2,1-3H3. The molecule has 10 heteroatoms. The second kappa shape index (κ2) is 13.6. The van der Waals surface area contributed by atoms with Crippen LogP contribution in [0.4, 0.5) is 11.4 Å². The molecule has 1 saturated carbocycles. The molecular weight excluding hydrogens is 602 g/mol. The van der Waals surface area contributed by atoms with Gasteiger partial charge >= 0.3 is 0 Å². The number of nitrogens with zero attached hydrogens (tertiary/aromatic N) is 3. The van der Waals surface area contributed by atoms with Gasteiger partial charge in [0, 0.05) is 61.5 Å². The van der Waals surface area contributed by atoms with Crippen molar-refractivity contribution in [3.05, 3.63) is 72.4 Å². The minimum atomic E-state index is -3.94. The number of hydrogen-bond donors (Lipinski definition) is 0. The second-order valence-corrected chi connectivity index (χ2v) is 13.9. The van der Waals surface area contributed by atoms with Crippen molar-refractivity contribution in [2.75, 3.05) is 57.3 Å². The summed E-state index contributed by atoms with van der Waals surface area (Å²) in [4.78, 5) is 22.2. The highest BCUT2D eigenvalue weighted by Crippen LogP contribution is 2.41. The van der Waals surface area contributed by atoms with Crippen LogP contribution >= 0.6 is 0 Å². The highest BCUT2D eigenvalue weighted by molar-refractivity contribution is 7.91. The van der Waals surface area contributed by atoms with Crippen molar-refractivity contribution in [2.24, 2.45) is 5.92 Å². The number of aromatic nitrogens is 1. The van der Waals surface area contributed by atoms with Crippen molar-refractivity contribution < 1.29 is 27.4 Å². The van der Waals surface area contributed by atoms with Crippen LogP contribution in [0, 0.1) is 5.92 Å². The Kier molecular flexibility index (Phi) is 9.35. The molecule has 0 atom stereocenters. The minimum absolute atomic E-state index is 0.131. The van der Waals surface area contributed by atoms with Crippen LogP contribution < -0.4 is 24.0 Å². The first kappa shape index (κ1) is 31.7. The van der Waals surface area contributed by atoms with E-state index in [4.69, 9.17) is 14.2 Å². The molecule has 9 nitrogen and oxygen atoms in total. The van der Waals surface area contributed by atoms with E-state index in [1.54, 1.807) is 57.7 Å². The highest BCUT2D eigenvalue weighted by Gasteiger charge is 2.30. The number of pyridine rings is 1. The summed E-state index contributed by atoms with van der Waals surface area (Å²) in [5.74, 6) is 2.33. The summed E-state index contributed by atoms with van der Waals surface area (Å²) in [5.41, 5.74) is 3.02. The molecule has 0 spiro atoms. The molecule has 2 fully saturated rings. The first-order valence-electron chi connectivity index (χ1n) is 15.9. The summed E-state index contributed by atoms with van der Waals surface area (Å²) in [6.07, 6.45) is 8.14. The van der Waals surface area contributed by atoms with E-state index in [1.165, 1.54) is 25.5 Å². The van der Waals surface area contributed by atoms with Gasteiger partial charge in [-0.2, -0.15) is 0 Å². The summed E-state index contributed by atoms with van der Waals surface area (Å²) in [6.45, 7) is 2.52. The number of piperazine rings is 1. The van der Waals surface area contributed by atoms with Gasteiger partial charge in [0.25, 0.3) is 0 Å². The molecule has 4 aromatic rings. The van der Waals surface area contributed by atoms with E-state index in [2.05, 4.69) is 14.8 Å². The Morgan fingerprint density at radius 2 is 1.43 bits per heavy atom. The quantitative estimate of drug-likeness (QED) is 0.178. The summed E-state index contributed by atoms with van der Waals surface area (Å²) in [7, 11) is 0.725. The average Bonchev–Trinajstić information content (AvgIpc) is 3.11. The lowest BCUT2D eigenvalue weighted by molar-refractivity contribution is 0.0950. The zero-order valence-corrected chi connectivity index (χ0v) is 27.5. The Bertz CT molecular complexity index is 1790. The number of fused-ring (bicyclic) bond motifs is 1. The van der Waals surface area contributed by atoms with Crippen molar-refractivity contribution in [1.29, 1.82) is 0 Å². The largest absolute Gasteiger partial charge is 0.497 e. The number of sulfone groups is 1. The molecule has 0 radical (unpaired) electrons. The van der Waals surface area contributed by atoms with Crippen LogP contribution in [0.3, 0.4) is 0 Å². The Balaban J connectivity index is 1.28. The maximum Gasteiger partial charge on any atom is 0.210 e. The second-order valence-electron chi connectivity index (χ2n) is 12.0. The average molecular weight is 644 g/mol. The van der Waals surface area contributed by atoms with E-state index in [9.17, 15) is 13.2 Å². The number of rotatable bonds is 10. The lowest BCUT2D eigenvalue weighted by atomic mass is 9.85. The third kappa shape index (κ3) is 6.35. The van der Waals surface area contributed by atoms with E-state index < -0.39 is 9.84 Å². The van der Waals surface area contributed by atoms with Crippen molar-refractivity contribution in [2.45, 2.75) is 48.3 Å². The van der Waals surface area contributed by atoms with E-state index in [-0.39, 0.29) is 15.6 Å². The molecule has 1 aromatic heterocycles. The van der Waals surface area contributed by atoms with Crippen molar-refractivity contribution in [3.8, 4) is 17.2 Å². The molecule has 0 amide bonds. The first-order chi connectivity index (χ1) is 22.3. The van der Waals surface area contributed by atoms with Crippen LogP contribution in [0.25, 0.3) is 10.9 Å². The molecular formula is C36H41N3O6S. The van der Waals surface area contributed by atoms with Crippen LogP contribution in [0.2, 0.25) is 0 Å². The van der Waals surface area contributed by atoms with Gasteiger partial charge in [-0.05, 0) is 60.5 Å². The van der Waals surface area contributed by atoms with Gasteiger partial charge in [-0.3, -0.25) is 9.78 Å². The third-order valence-corrected chi connectivity index (χ3v) is 11.1. The monoisotopic (exact) mass is 643 g/mol. The predicted octanol–water partition coefficient (Wildman–Crippen LogP) is 6.57. The van der Waals surface area contributed by atoms with Gasteiger partial charge in [-0.25, -0.2) is 8.42 Å². The smallest absolute Gasteiger partial charge is 0.210 e. The molecule has 2 aliphatic rings. The molecule has 0 unspecified atom stereocenters. The summed E-state index contributed by atoms with van der Waals surface area (Å²) >= 11 is 0. The number of carbonyl (C=O) groups excluding carboxylic acids is 1. The minimum Gasteiger partial charge on any atom is -0.497 e. The van der Waals surface area contributed by atoms with Gasteiger partial charge in [0.1, 0.15) is 10.6 Å². The Morgan fingerprint density at radius 3 is 2.07 bits per heavy atom. The molecule has 1 aliphatic heterocycles. The Hall–Kier alpha value is -4.31. The fourth-order valence-electron chi connectivity index (χ4n) is 6.71. The molecule has 0 bridgehead atoms. The van der Waals surface area contributed by atoms with Crippen LogP contribution in [-0.4, -0.2) is 66.7 Å². The number of methoxy groups -OCH3 is 3. The van der Waals surface area contributed by atoms with Gasteiger partial charge in [0.15, 0.2) is 17.3 Å². The molecule has 0 N–H and O–H groups in total. The maximum absolute atomic E-state index is 14.1. The lowest BCUT2D eigenvalue weighted by Gasteiger charge is -2.38. The number of ether oxygens (including phenoxy) is 3. The van der Waals surface area contributed by atoms with Gasteiger partial charge in [-0.1, -0.05) is 32.1 Å². The molecule has 1 saturated heterocycles. The maximum atomic E-state index is 14.1. The third-order valence-electron chi connectivity index (χ3n) is 9.32. The normalized spacial score (nSPS) is 16.0. The summed E-state index contributed by atoms with van der Waals surface area (Å²) in [5, 5.41) is 0.668. The molecule has 3 aromatic carbocycles. The molecule has 1 aliphatic carbocycles. The Labute approximate surface area is 271 Å². The van der Waals surface area contributed by atoms with Crippen LogP contribution in [0.15, 0.2) is 76.7 Å². The fraction of sp³-hybridized carbons (Fsp3) is 0.389. The predicted molar refractivity (Wildman–Crippen MR) is 180 cm³/mol. The molecule has 2 heterocycles. The van der Waals surface area contributed by atoms with E-state index >= 15 is 0 Å². The topological polar surface area (TPSA) is 98.3 Å². The van der Waals surface area contributed by atoms with Gasteiger partial charge < -0.3 is 24.0 Å². The van der Waals surface area contributed by atoms with E-state index in [1.807, 2.05) is 24.3 Å². The summed E-state index contributed by atoms with van der Waals surface area (Å²) < 4.78 is 44.6. The number of ketones is 1. The SMILES string of the molecule is COc1ccc(S(=O)(=O)c2cnc3cc(OC)c(OC)cc3c2N2CCN(c3ccc(C(=O)CC4CCCCC4)cc3)CC2)cc1. The number of benzene rings is 3. The van der Waals surface area contributed by atoms with Crippen molar-refractivity contribution in [3.63, 3.8) is 0 Å². The van der Waals surface area contributed by atoms with E-state index in [0.29, 0.717) is 72.4 Å². The van der Waals surface area contributed by atoms with Gasteiger partial charge in [0.2, 0.25) is 9.84 Å². The number of carbonyl (C=O) groups is 1.